The molecule has 1 aromatic carbocycles. The van der Waals surface area contributed by atoms with Gasteiger partial charge in [-0.3, -0.25) is 9.36 Å². The Morgan fingerprint density at radius 2 is 2.00 bits per heavy atom. The number of nitrogens with one attached hydrogen (secondary N) is 1. The normalized spacial score (nSPS) is 12.0. The van der Waals surface area contributed by atoms with Crippen LogP contribution in [-0.2, 0) is 4.79 Å². The number of rotatable bonds is 5. The van der Waals surface area contributed by atoms with Crippen molar-refractivity contribution >= 4 is 46.7 Å². The molecule has 140 valence electrons. The van der Waals surface area contributed by atoms with Gasteiger partial charge in [-0.2, -0.15) is 0 Å². The van der Waals surface area contributed by atoms with Crippen molar-refractivity contribution in [1.82, 2.24) is 14.5 Å². The van der Waals surface area contributed by atoms with Gasteiger partial charge in [-0.25, -0.2) is 9.97 Å². The molecule has 0 aliphatic heterocycles. The van der Waals surface area contributed by atoms with Gasteiger partial charge in [0, 0.05) is 18.6 Å². The first kappa shape index (κ1) is 19.7. The Balaban J connectivity index is 1.77. The van der Waals surface area contributed by atoms with Gasteiger partial charge in [-0.1, -0.05) is 47.1 Å². The summed E-state index contributed by atoms with van der Waals surface area (Å²) in [5.74, 6) is 0.0728. The molecule has 5 nitrogen and oxygen atoms in total. The minimum atomic E-state index is -0.398. The van der Waals surface area contributed by atoms with Gasteiger partial charge in [-0.15, -0.1) is 0 Å². The summed E-state index contributed by atoms with van der Waals surface area (Å²) in [6, 6.07) is 7.78. The van der Waals surface area contributed by atoms with Crippen LogP contribution in [0, 0.1) is 13.8 Å². The minimum Gasteiger partial charge on any atom is -0.308 e. The van der Waals surface area contributed by atoms with E-state index in [2.05, 4.69) is 33.5 Å². The quantitative estimate of drug-likeness (QED) is 0.568. The van der Waals surface area contributed by atoms with Crippen molar-refractivity contribution in [2.75, 3.05) is 5.32 Å². The number of thioether (sulfide) groups is 1. The van der Waals surface area contributed by atoms with Crippen molar-refractivity contribution in [3.63, 3.8) is 0 Å². The van der Waals surface area contributed by atoms with Gasteiger partial charge in [0.2, 0.25) is 5.91 Å². The van der Waals surface area contributed by atoms with Gasteiger partial charge < -0.3 is 5.32 Å². The summed E-state index contributed by atoms with van der Waals surface area (Å²) in [7, 11) is 0. The van der Waals surface area contributed by atoms with Gasteiger partial charge in [0.25, 0.3) is 0 Å². The first-order chi connectivity index (χ1) is 12.8. The Morgan fingerprint density at radius 3 is 2.74 bits per heavy atom. The Labute approximate surface area is 172 Å². The molecule has 0 spiro atoms. The molecule has 0 saturated heterocycles. The molecule has 3 aromatic rings. The lowest BCUT2D eigenvalue weighted by molar-refractivity contribution is -0.115. The van der Waals surface area contributed by atoms with Crippen molar-refractivity contribution < 1.29 is 4.79 Å². The molecule has 0 unspecified atom stereocenters. The molecule has 27 heavy (non-hydrogen) atoms. The van der Waals surface area contributed by atoms with Crippen LogP contribution in [0.2, 0.25) is 10.0 Å². The summed E-state index contributed by atoms with van der Waals surface area (Å²) in [4.78, 5) is 21.0. The maximum Gasteiger partial charge on any atom is 0.238 e. The summed E-state index contributed by atoms with van der Waals surface area (Å²) < 4.78 is 1.99. The highest BCUT2D eigenvalue weighted by Crippen LogP contribution is 2.28. The molecule has 1 N–H and O–H groups in total. The minimum absolute atomic E-state index is 0.216. The Hall–Kier alpha value is -2.02. The van der Waals surface area contributed by atoms with Crippen LogP contribution in [0.15, 0.2) is 48.0 Å². The van der Waals surface area contributed by atoms with Crippen molar-refractivity contribution in [3.8, 4) is 5.69 Å². The number of aromatic nitrogens is 3. The molecule has 0 saturated carbocycles. The van der Waals surface area contributed by atoms with E-state index in [1.54, 1.807) is 6.20 Å². The predicted octanol–water partition coefficient (Wildman–Crippen LogP) is 5.31. The Morgan fingerprint density at radius 1 is 1.22 bits per heavy atom. The number of amides is 1. The number of nitrogens with zero attached hydrogens (tertiary/aromatic N) is 3. The van der Waals surface area contributed by atoms with E-state index in [1.165, 1.54) is 24.0 Å². The third kappa shape index (κ3) is 4.64. The smallest absolute Gasteiger partial charge is 0.238 e. The third-order valence-electron chi connectivity index (χ3n) is 3.93. The lowest BCUT2D eigenvalue weighted by Gasteiger charge is -2.15. The number of carbonyl (C=O) groups excluding carboxylic acids is 1. The van der Waals surface area contributed by atoms with E-state index in [1.807, 2.05) is 31.5 Å². The molecule has 3 rings (SSSR count). The maximum absolute atomic E-state index is 12.5. The van der Waals surface area contributed by atoms with E-state index in [-0.39, 0.29) is 11.7 Å². The fourth-order valence-corrected chi connectivity index (χ4v) is 3.78. The Kier molecular flexibility index (Phi) is 6.09. The molecule has 2 heterocycles. The molecular formula is C19H18Cl2N4OS. The van der Waals surface area contributed by atoms with Crippen LogP contribution < -0.4 is 5.32 Å². The van der Waals surface area contributed by atoms with Crippen LogP contribution in [0.3, 0.4) is 0 Å². The zero-order valence-corrected chi connectivity index (χ0v) is 17.4. The van der Waals surface area contributed by atoms with E-state index >= 15 is 0 Å². The lowest BCUT2D eigenvalue weighted by Crippen LogP contribution is -2.23. The van der Waals surface area contributed by atoms with Gasteiger partial charge >= 0.3 is 0 Å². The molecule has 1 amide bonds. The molecule has 0 aliphatic carbocycles. The highest BCUT2D eigenvalue weighted by molar-refractivity contribution is 8.00. The van der Waals surface area contributed by atoms with Crippen molar-refractivity contribution in [2.45, 2.75) is 31.2 Å². The van der Waals surface area contributed by atoms with Crippen molar-refractivity contribution in [1.29, 1.82) is 0 Å². The second-order valence-electron chi connectivity index (χ2n) is 6.10. The first-order valence-electron chi connectivity index (χ1n) is 8.24. The van der Waals surface area contributed by atoms with Gasteiger partial charge in [0.15, 0.2) is 11.0 Å². The van der Waals surface area contributed by atoms with E-state index in [0.29, 0.717) is 10.0 Å². The van der Waals surface area contributed by atoms with E-state index in [0.717, 1.165) is 22.0 Å². The average Bonchev–Trinajstić information content (AvgIpc) is 3.07. The fourth-order valence-electron chi connectivity index (χ4n) is 2.48. The van der Waals surface area contributed by atoms with Crippen LogP contribution >= 0.6 is 35.0 Å². The summed E-state index contributed by atoms with van der Waals surface area (Å²) in [6.45, 7) is 5.91. The summed E-state index contributed by atoms with van der Waals surface area (Å²) in [5, 5.41) is 3.78. The number of pyridine rings is 1. The molecule has 0 radical (unpaired) electrons. The van der Waals surface area contributed by atoms with Crippen LogP contribution in [0.4, 0.5) is 5.82 Å². The fraction of sp³-hybridized carbons (Fsp3) is 0.211. The number of anilines is 1. The second kappa shape index (κ2) is 8.33. The largest absolute Gasteiger partial charge is 0.308 e. The van der Waals surface area contributed by atoms with Crippen LogP contribution in [0.25, 0.3) is 5.69 Å². The highest BCUT2D eigenvalue weighted by Gasteiger charge is 2.20. The van der Waals surface area contributed by atoms with Gasteiger partial charge in [-0.05, 0) is 44.0 Å². The molecule has 0 bridgehead atoms. The topological polar surface area (TPSA) is 59.8 Å². The highest BCUT2D eigenvalue weighted by atomic mass is 35.5. The number of hydrogen-bond donors (Lipinski definition) is 1. The average molecular weight is 421 g/mol. The molecular weight excluding hydrogens is 403 g/mol. The SMILES string of the molecule is Cc1ccc(C)c(-n2ccnc2S[C@@H](C)C(=O)Nc2ncc(Cl)cc2Cl)c1. The molecule has 0 aliphatic rings. The molecule has 8 heteroatoms. The summed E-state index contributed by atoms with van der Waals surface area (Å²) >= 11 is 13.3. The van der Waals surface area contributed by atoms with Crippen LogP contribution in [0.5, 0.6) is 0 Å². The van der Waals surface area contributed by atoms with Gasteiger partial charge in [0.1, 0.15) is 0 Å². The zero-order chi connectivity index (χ0) is 19.6. The number of hydrogen-bond acceptors (Lipinski definition) is 4. The van der Waals surface area contributed by atoms with Crippen LogP contribution in [0.1, 0.15) is 18.1 Å². The number of carbonyl (C=O) groups is 1. The van der Waals surface area contributed by atoms with E-state index < -0.39 is 5.25 Å². The monoisotopic (exact) mass is 420 g/mol. The summed E-state index contributed by atoms with van der Waals surface area (Å²) in [6.07, 6.45) is 5.06. The van der Waals surface area contributed by atoms with E-state index in [4.69, 9.17) is 23.2 Å². The van der Waals surface area contributed by atoms with Crippen molar-refractivity contribution in [3.05, 3.63) is 64.0 Å². The summed E-state index contributed by atoms with van der Waals surface area (Å²) in [5.41, 5.74) is 3.34. The zero-order valence-electron chi connectivity index (χ0n) is 15.0. The maximum atomic E-state index is 12.5. The number of aryl methyl sites for hydroxylation is 2. The molecule has 0 fully saturated rings. The van der Waals surface area contributed by atoms with Crippen LogP contribution in [-0.4, -0.2) is 25.7 Å². The van der Waals surface area contributed by atoms with Crippen molar-refractivity contribution in [2.24, 2.45) is 0 Å². The van der Waals surface area contributed by atoms with E-state index in [9.17, 15) is 4.79 Å². The molecule has 1 atom stereocenters. The standard InChI is InChI=1S/C19H18Cl2N4OS/c1-11-4-5-12(2)16(8-11)25-7-6-22-19(25)27-13(3)18(26)24-17-15(21)9-14(20)10-23-17/h4-10,13H,1-3H3,(H,23,24,26)/t13-/m0/s1. The van der Waals surface area contributed by atoms with Gasteiger partial charge in [0.05, 0.1) is 21.0 Å². The Bertz CT molecular complexity index is 990. The second-order valence-corrected chi connectivity index (χ2v) is 8.25. The third-order valence-corrected chi connectivity index (χ3v) is 5.51. The molecule has 2 aromatic heterocycles. The number of benzene rings is 1. The lowest BCUT2D eigenvalue weighted by atomic mass is 10.1. The predicted molar refractivity (Wildman–Crippen MR) is 111 cm³/mol. The number of imidazole rings is 1. The first-order valence-corrected chi connectivity index (χ1v) is 9.88. The number of halogens is 2.